The van der Waals surface area contributed by atoms with Gasteiger partial charge in [0, 0.05) is 6.54 Å². The molecular weight excluding hydrogens is 270 g/mol. The number of nitrogens with zero attached hydrogens (tertiary/aromatic N) is 1. The highest BCUT2D eigenvalue weighted by atomic mass is 35.5. The number of hydrogen-bond acceptors (Lipinski definition) is 4. The lowest BCUT2D eigenvalue weighted by Crippen LogP contribution is -2.38. The van der Waals surface area contributed by atoms with Gasteiger partial charge in [0.15, 0.2) is 11.5 Å². The third-order valence-electron chi connectivity index (χ3n) is 3.13. The molecule has 0 amide bonds. The van der Waals surface area contributed by atoms with Crippen molar-refractivity contribution >= 4 is 18.4 Å². The van der Waals surface area contributed by atoms with Crippen LogP contribution >= 0.6 is 12.4 Å². The van der Waals surface area contributed by atoms with Gasteiger partial charge in [-0.15, -0.1) is 12.4 Å². The molecule has 0 aromatic heterocycles. The molecule has 0 aliphatic carbocycles. The van der Waals surface area contributed by atoms with E-state index < -0.39 is 12.0 Å². The summed E-state index contributed by atoms with van der Waals surface area (Å²) in [5.74, 6) is 0.664. The first kappa shape index (κ1) is 15.6. The normalized spacial score (nSPS) is 14.1. The van der Waals surface area contributed by atoms with Crippen LogP contribution in [0.4, 0.5) is 0 Å². The Labute approximate surface area is 118 Å². The Hall–Kier alpha value is -1.46. The number of fused-ring (bicyclic) bond motifs is 1. The molecule has 6 heteroatoms. The molecular formula is C13H18ClNO4. The van der Waals surface area contributed by atoms with E-state index in [1.54, 1.807) is 6.92 Å². The summed E-state index contributed by atoms with van der Waals surface area (Å²) in [6.45, 7) is 5.16. The van der Waals surface area contributed by atoms with Crippen LogP contribution in [0.2, 0.25) is 0 Å². The lowest BCUT2D eigenvalue weighted by molar-refractivity contribution is -0.142. The second-order valence-electron chi connectivity index (χ2n) is 4.26. The molecule has 1 atom stereocenters. The predicted octanol–water partition coefficient (Wildman–Crippen LogP) is 2.13. The Bertz CT molecular complexity index is 452. The number of carbonyl (C=O) groups is 1. The van der Waals surface area contributed by atoms with Crippen LogP contribution < -0.4 is 9.47 Å². The molecule has 1 N–H and O–H groups in total. The van der Waals surface area contributed by atoms with Gasteiger partial charge in [-0.3, -0.25) is 9.69 Å². The summed E-state index contributed by atoms with van der Waals surface area (Å²) >= 11 is 0. The molecule has 1 aromatic rings. The van der Waals surface area contributed by atoms with E-state index in [1.807, 2.05) is 30.0 Å². The van der Waals surface area contributed by atoms with Gasteiger partial charge < -0.3 is 14.6 Å². The van der Waals surface area contributed by atoms with E-state index >= 15 is 0 Å². The molecule has 0 radical (unpaired) electrons. The van der Waals surface area contributed by atoms with Gasteiger partial charge in [-0.2, -0.15) is 0 Å². The molecule has 0 saturated heterocycles. The standard InChI is InChI=1S/C13H17NO4.ClH/c1-3-14(9(2)13(15)16)7-10-4-5-11-12(6-10)18-8-17-11;/h4-6,9H,3,7-8H2,1-2H3,(H,15,16);1H. The SMILES string of the molecule is CCN(Cc1ccc2c(c1)OCO2)C(C)C(=O)O.Cl. The molecule has 0 bridgehead atoms. The van der Waals surface area contributed by atoms with Gasteiger partial charge in [0.1, 0.15) is 6.04 Å². The zero-order valence-corrected chi connectivity index (χ0v) is 11.8. The van der Waals surface area contributed by atoms with Crippen LogP contribution in [0.15, 0.2) is 18.2 Å². The summed E-state index contributed by atoms with van der Waals surface area (Å²) in [6.07, 6.45) is 0. The van der Waals surface area contributed by atoms with Crippen LogP contribution in [0.3, 0.4) is 0 Å². The quantitative estimate of drug-likeness (QED) is 0.899. The van der Waals surface area contributed by atoms with Crippen LogP contribution in [0.25, 0.3) is 0 Å². The van der Waals surface area contributed by atoms with Crippen LogP contribution in [-0.2, 0) is 11.3 Å². The fourth-order valence-electron chi connectivity index (χ4n) is 1.95. The Morgan fingerprint density at radius 1 is 1.42 bits per heavy atom. The fourth-order valence-corrected chi connectivity index (χ4v) is 1.95. The topological polar surface area (TPSA) is 59.0 Å². The monoisotopic (exact) mass is 287 g/mol. The second kappa shape index (κ2) is 6.63. The van der Waals surface area contributed by atoms with Crippen LogP contribution in [-0.4, -0.2) is 35.4 Å². The molecule has 1 aliphatic heterocycles. The third kappa shape index (κ3) is 3.52. The minimum Gasteiger partial charge on any atom is -0.480 e. The molecule has 0 fully saturated rings. The van der Waals surface area contributed by atoms with Crippen LogP contribution in [0, 0.1) is 0 Å². The zero-order chi connectivity index (χ0) is 13.1. The first-order valence-corrected chi connectivity index (χ1v) is 5.97. The van der Waals surface area contributed by atoms with Crippen molar-refractivity contribution in [2.75, 3.05) is 13.3 Å². The number of halogens is 1. The van der Waals surface area contributed by atoms with E-state index in [4.69, 9.17) is 14.6 Å². The summed E-state index contributed by atoms with van der Waals surface area (Å²) in [7, 11) is 0. The largest absolute Gasteiger partial charge is 0.480 e. The molecule has 5 nitrogen and oxygen atoms in total. The first-order valence-electron chi connectivity index (χ1n) is 5.97. The Balaban J connectivity index is 0.00000180. The summed E-state index contributed by atoms with van der Waals surface area (Å²) in [6, 6.07) is 5.20. The van der Waals surface area contributed by atoms with Crippen molar-refractivity contribution < 1.29 is 19.4 Å². The van der Waals surface area contributed by atoms with Gasteiger partial charge in [-0.05, 0) is 31.2 Å². The molecule has 0 saturated carbocycles. The highest BCUT2D eigenvalue weighted by Crippen LogP contribution is 2.32. The molecule has 2 rings (SSSR count). The molecule has 19 heavy (non-hydrogen) atoms. The summed E-state index contributed by atoms with van der Waals surface area (Å²) in [5, 5.41) is 9.03. The van der Waals surface area contributed by atoms with Crippen molar-refractivity contribution in [2.24, 2.45) is 0 Å². The average Bonchev–Trinajstić information content (AvgIpc) is 2.82. The fraction of sp³-hybridized carbons (Fsp3) is 0.462. The number of carboxylic acids is 1. The van der Waals surface area contributed by atoms with Gasteiger partial charge in [-0.25, -0.2) is 0 Å². The van der Waals surface area contributed by atoms with Crippen molar-refractivity contribution in [3.8, 4) is 11.5 Å². The maximum absolute atomic E-state index is 11.0. The van der Waals surface area contributed by atoms with Crippen molar-refractivity contribution in [3.63, 3.8) is 0 Å². The second-order valence-corrected chi connectivity index (χ2v) is 4.26. The molecule has 1 aromatic carbocycles. The van der Waals surface area contributed by atoms with Crippen LogP contribution in [0.5, 0.6) is 11.5 Å². The minimum atomic E-state index is -0.808. The van der Waals surface area contributed by atoms with E-state index in [-0.39, 0.29) is 19.2 Å². The maximum Gasteiger partial charge on any atom is 0.320 e. The van der Waals surface area contributed by atoms with Crippen molar-refractivity contribution in [1.29, 1.82) is 0 Å². The lowest BCUT2D eigenvalue weighted by atomic mass is 10.1. The number of rotatable bonds is 5. The van der Waals surface area contributed by atoms with Crippen molar-refractivity contribution in [3.05, 3.63) is 23.8 Å². The molecule has 106 valence electrons. The molecule has 1 aliphatic rings. The minimum absolute atomic E-state index is 0. The Morgan fingerprint density at radius 2 is 2.11 bits per heavy atom. The number of benzene rings is 1. The Kier molecular flexibility index (Phi) is 5.44. The maximum atomic E-state index is 11.0. The number of ether oxygens (including phenoxy) is 2. The summed E-state index contributed by atoms with van der Waals surface area (Å²) < 4.78 is 10.5. The predicted molar refractivity (Wildman–Crippen MR) is 73.0 cm³/mol. The summed E-state index contributed by atoms with van der Waals surface area (Å²) in [5.41, 5.74) is 1.02. The third-order valence-corrected chi connectivity index (χ3v) is 3.13. The first-order chi connectivity index (χ1) is 8.61. The van der Waals surface area contributed by atoms with E-state index in [0.717, 1.165) is 17.1 Å². The van der Waals surface area contributed by atoms with Crippen molar-refractivity contribution in [2.45, 2.75) is 26.4 Å². The average molecular weight is 288 g/mol. The van der Waals surface area contributed by atoms with Gasteiger partial charge in [0.05, 0.1) is 0 Å². The highest BCUT2D eigenvalue weighted by molar-refractivity contribution is 5.85. The highest BCUT2D eigenvalue weighted by Gasteiger charge is 2.20. The van der Waals surface area contributed by atoms with Gasteiger partial charge in [0.25, 0.3) is 0 Å². The molecule has 1 heterocycles. The van der Waals surface area contributed by atoms with E-state index in [2.05, 4.69) is 0 Å². The smallest absolute Gasteiger partial charge is 0.320 e. The van der Waals surface area contributed by atoms with Gasteiger partial charge in [-0.1, -0.05) is 13.0 Å². The number of hydrogen-bond donors (Lipinski definition) is 1. The Morgan fingerprint density at radius 3 is 2.74 bits per heavy atom. The number of likely N-dealkylation sites (N-methyl/N-ethyl adjacent to an activating group) is 1. The zero-order valence-electron chi connectivity index (χ0n) is 11.0. The number of aliphatic carboxylic acids is 1. The van der Waals surface area contributed by atoms with E-state index in [0.29, 0.717) is 13.1 Å². The lowest BCUT2D eigenvalue weighted by Gasteiger charge is -2.24. The van der Waals surface area contributed by atoms with Crippen molar-refractivity contribution in [1.82, 2.24) is 4.90 Å². The number of carboxylic acid groups (broad SMARTS) is 1. The van der Waals surface area contributed by atoms with Gasteiger partial charge >= 0.3 is 5.97 Å². The van der Waals surface area contributed by atoms with E-state index in [9.17, 15) is 4.79 Å². The molecule has 1 unspecified atom stereocenters. The molecule has 0 spiro atoms. The summed E-state index contributed by atoms with van der Waals surface area (Å²) in [4.78, 5) is 12.9. The van der Waals surface area contributed by atoms with Gasteiger partial charge in [0.2, 0.25) is 6.79 Å². The van der Waals surface area contributed by atoms with E-state index in [1.165, 1.54) is 0 Å². The van der Waals surface area contributed by atoms with Crippen LogP contribution in [0.1, 0.15) is 19.4 Å².